The number of hydrazone groups is 1. The molecule has 0 amide bonds. The Balaban J connectivity index is 2.85. The maximum absolute atomic E-state index is 8.45. The predicted molar refractivity (Wildman–Crippen MR) is 60.3 cm³/mol. The maximum Gasteiger partial charge on any atom is 0.237 e. The summed E-state index contributed by atoms with van der Waals surface area (Å²) in [6.45, 7) is 0. The second-order valence-electron chi connectivity index (χ2n) is 2.65. The van der Waals surface area contributed by atoms with Crippen LogP contribution in [0.25, 0.3) is 0 Å². The lowest BCUT2D eigenvalue weighted by atomic mass is 10.3. The van der Waals surface area contributed by atoms with Gasteiger partial charge in [0.25, 0.3) is 0 Å². The van der Waals surface area contributed by atoms with Gasteiger partial charge in [0.05, 0.1) is 17.8 Å². The van der Waals surface area contributed by atoms with Crippen LogP contribution in [0.1, 0.15) is 0 Å². The first-order valence-corrected chi connectivity index (χ1v) is 4.56. The molecule has 0 saturated heterocycles. The van der Waals surface area contributed by atoms with Gasteiger partial charge in [0, 0.05) is 0 Å². The molecule has 80 valence electrons. The van der Waals surface area contributed by atoms with Crippen LogP contribution in [-0.2, 0) is 0 Å². The van der Waals surface area contributed by atoms with E-state index in [2.05, 4.69) is 10.5 Å². The highest BCUT2D eigenvalue weighted by Crippen LogP contribution is 2.27. The Bertz CT molecular complexity index is 483. The fourth-order valence-corrected chi connectivity index (χ4v) is 1.19. The molecule has 1 rings (SSSR count). The van der Waals surface area contributed by atoms with E-state index < -0.39 is 0 Å². The average Bonchev–Trinajstić information content (AvgIpc) is 2.30. The van der Waals surface area contributed by atoms with E-state index >= 15 is 0 Å². The van der Waals surface area contributed by atoms with Crippen molar-refractivity contribution in [3.63, 3.8) is 0 Å². The summed E-state index contributed by atoms with van der Waals surface area (Å²) in [6, 6.07) is 8.15. The van der Waals surface area contributed by atoms with E-state index in [-0.39, 0.29) is 5.71 Å². The fourth-order valence-electron chi connectivity index (χ4n) is 0.931. The molecule has 0 saturated carbocycles. The molecule has 0 fully saturated rings. The molecule has 0 spiro atoms. The first-order chi connectivity index (χ1) is 7.71. The number of ether oxygens (including phenoxy) is 1. The molecule has 0 aliphatic carbocycles. The summed E-state index contributed by atoms with van der Waals surface area (Å²) >= 11 is 5.87. The molecule has 1 N–H and O–H groups in total. The van der Waals surface area contributed by atoms with E-state index in [1.165, 1.54) is 7.11 Å². The normalized spacial score (nSPS) is 8.50. The Kier molecular flexibility index (Phi) is 4.14. The lowest BCUT2D eigenvalue weighted by Gasteiger charge is -2.04. The highest BCUT2D eigenvalue weighted by molar-refractivity contribution is 6.32. The molecule has 1 aromatic rings. The summed E-state index contributed by atoms with van der Waals surface area (Å²) < 4.78 is 4.97. The number of nitrogens with zero attached hydrogens (tertiary/aromatic N) is 3. The number of benzene rings is 1. The highest BCUT2D eigenvalue weighted by Gasteiger charge is 2.01. The number of nitrogens with one attached hydrogen (secondary N) is 1. The summed E-state index contributed by atoms with van der Waals surface area (Å²) in [6.07, 6.45) is 0. The van der Waals surface area contributed by atoms with Crippen LogP contribution < -0.4 is 10.2 Å². The molecule has 6 heteroatoms. The zero-order valence-electron chi connectivity index (χ0n) is 8.36. The predicted octanol–water partition coefficient (Wildman–Crippen LogP) is 2.16. The SMILES string of the molecule is COc1ccc(NN=C(C#N)C#N)cc1Cl. The first-order valence-electron chi connectivity index (χ1n) is 4.18. The number of anilines is 1. The molecule has 0 unspecified atom stereocenters. The third kappa shape index (κ3) is 2.88. The Labute approximate surface area is 97.5 Å². The largest absolute Gasteiger partial charge is 0.495 e. The van der Waals surface area contributed by atoms with E-state index in [1.807, 2.05) is 0 Å². The number of hydrogen-bond donors (Lipinski definition) is 1. The quantitative estimate of drug-likeness (QED) is 0.642. The van der Waals surface area contributed by atoms with Gasteiger partial charge in [-0.2, -0.15) is 15.6 Å². The van der Waals surface area contributed by atoms with Crippen molar-refractivity contribution in [1.29, 1.82) is 10.5 Å². The fraction of sp³-hybridized carbons (Fsp3) is 0.100. The number of hydrogen-bond acceptors (Lipinski definition) is 5. The summed E-state index contributed by atoms with van der Waals surface area (Å²) in [5.74, 6) is 0.539. The zero-order chi connectivity index (χ0) is 12.0. The van der Waals surface area contributed by atoms with E-state index in [1.54, 1.807) is 30.3 Å². The second kappa shape index (κ2) is 5.59. The molecule has 0 aliphatic heterocycles. The van der Waals surface area contributed by atoms with Crippen LogP contribution in [0.3, 0.4) is 0 Å². The van der Waals surface area contributed by atoms with Crippen molar-refractivity contribution in [2.24, 2.45) is 5.10 Å². The van der Waals surface area contributed by atoms with Crippen LogP contribution in [0.4, 0.5) is 5.69 Å². The van der Waals surface area contributed by atoms with Crippen molar-refractivity contribution in [3.8, 4) is 17.9 Å². The summed E-state index contributed by atoms with van der Waals surface area (Å²) in [5.41, 5.74) is 2.85. The number of nitriles is 2. The monoisotopic (exact) mass is 234 g/mol. The molecule has 0 heterocycles. The summed E-state index contributed by atoms with van der Waals surface area (Å²) in [4.78, 5) is 0. The number of rotatable bonds is 3. The van der Waals surface area contributed by atoms with E-state index in [4.69, 9.17) is 26.9 Å². The van der Waals surface area contributed by atoms with E-state index in [0.29, 0.717) is 16.5 Å². The summed E-state index contributed by atoms with van der Waals surface area (Å²) in [5, 5.41) is 20.9. The molecule has 0 aliphatic rings. The number of methoxy groups -OCH3 is 1. The van der Waals surface area contributed by atoms with Gasteiger partial charge in [-0.3, -0.25) is 5.43 Å². The van der Waals surface area contributed by atoms with Crippen LogP contribution in [0.15, 0.2) is 23.3 Å². The minimum Gasteiger partial charge on any atom is -0.495 e. The molecule has 0 radical (unpaired) electrons. The first kappa shape index (κ1) is 11.8. The molecule has 0 bridgehead atoms. The van der Waals surface area contributed by atoms with Gasteiger partial charge < -0.3 is 4.74 Å². The average molecular weight is 235 g/mol. The van der Waals surface area contributed by atoms with Gasteiger partial charge in [-0.05, 0) is 18.2 Å². The lowest BCUT2D eigenvalue weighted by Crippen LogP contribution is -1.96. The van der Waals surface area contributed by atoms with Crippen molar-refractivity contribution < 1.29 is 4.74 Å². The second-order valence-corrected chi connectivity index (χ2v) is 3.05. The van der Waals surface area contributed by atoms with E-state index in [9.17, 15) is 0 Å². The Hall–Kier alpha value is -2.24. The Morgan fingerprint density at radius 2 is 2.12 bits per heavy atom. The van der Waals surface area contributed by atoms with Crippen molar-refractivity contribution in [1.82, 2.24) is 0 Å². The van der Waals surface area contributed by atoms with Gasteiger partial charge >= 0.3 is 0 Å². The van der Waals surface area contributed by atoms with Crippen molar-refractivity contribution in [2.45, 2.75) is 0 Å². The molecular formula is C10H7ClN4O. The minimum absolute atomic E-state index is 0.257. The molecule has 1 aromatic carbocycles. The Morgan fingerprint density at radius 3 is 2.62 bits per heavy atom. The van der Waals surface area contributed by atoms with Crippen LogP contribution in [0, 0.1) is 22.7 Å². The van der Waals surface area contributed by atoms with Gasteiger partial charge in [-0.1, -0.05) is 11.6 Å². The lowest BCUT2D eigenvalue weighted by molar-refractivity contribution is 0.415. The Morgan fingerprint density at radius 1 is 1.44 bits per heavy atom. The molecular weight excluding hydrogens is 228 g/mol. The molecule has 0 atom stereocenters. The maximum atomic E-state index is 8.45. The summed E-state index contributed by atoms with van der Waals surface area (Å²) in [7, 11) is 1.51. The smallest absolute Gasteiger partial charge is 0.237 e. The van der Waals surface area contributed by atoms with Gasteiger partial charge in [-0.25, -0.2) is 0 Å². The van der Waals surface area contributed by atoms with Gasteiger partial charge in [-0.15, -0.1) is 0 Å². The minimum atomic E-state index is -0.257. The van der Waals surface area contributed by atoms with E-state index in [0.717, 1.165) is 0 Å². The van der Waals surface area contributed by atoms with Gasteiger partial charge in [0.2, 0.25) is 5.71 Å². The van der Waals surface area contributed by atoms with Crippen molar-refractivity contribution in [3.05, 3.63) is 23.2 Å². The molecule has 5 nitrogen and oxygen atoms in total. The van der Waals surface area contributed by atoms with Crippen LogP contribution in [0.2, 0.25) is 5.02 Å². The molecule has 16 heavy (non-hydrogen) atoms. The topological polar surface area (TPSA) is 81.2 Å². The standard InChI is InChI=1S/C10H7ClN4O/c1-16-10-3-2-7(4-9(10)11)14-15-8(5-12)6-13/h2-4,14H,1H3. The third-order valence-electron chi connectivity index (χ3n) is 1.66. The molecule has 0 aromatic heterocycles. The van der Waals surface area contributed by atoms with Gasteiger partial charge in [0.1, 0.15) is 17.9 Å². The zero-order valence-corrected chi connectivity index (χ0v) is 9.12. The third-order valence-corrected chi connectivity index (χ3v) is 1.96. The van der Waals surface area contributed by atoms with Crippen LogP contribution in [-0.4, -0.2) is 12.8 Å². The van der Waals surface area contributed by atoms with Gasteiger partial charge in [0.15, 0.2) is 0 Å². The van der Waals surface area contributed by atoms with Crippen LogP contribution >= 0.6 is 11.6 Å². The van der Waals surface area contributed by atoms with Crippen molar-refractivity contribution >= 4 is 23.0 Å². The highest BCUT2D eigenvalue weighted by atomic mass is 35.5. The number of halogens is 1. The van der Waals surface area contributed by atoms with Crippen molar-refractivity contribution in [2.75, 3.05) is 12.5 Å². The van der Waals surface area contributed by atoms with Crippen LogP contribution in [0.5, 0.6) is 5.75 Å².